The Morgan fingerprint density at radius 2 is 1.94 bits per heavy atom. The number of hydrogen-bond acceptors (Lipinski definition) is 3. The van der Waals surface area contributed by atoms with Crippen LogP contribution in [0.3, 0.4) is 0 Å². The first-order valence-electron chi connectivity index (χ1n) is 6.65. The van der Waals surface area contributed by atoms with E-state index < -0.39 is 0 Å². The van der Waals surface area contributed by atoms with E-state index in [4.69, 9.17) is 5.73 Å². The second-order valence-corrected chi connectivity index (χ2v) is 5.85. The number of likely N-dealkylation sites (N-methyl/N-ethyl adjacent to an activating group) is 1. The van der Waals surface area contributed by atoms with Crippen LogP contribution in [-0.2, 0) is 0 Å². The zero-order valence-electron chi connectivity index (χ0n) is 11.5. The number of rotatable bonds is 5. The third-order valence-electron chi connectivity index (χ3n) is 3.87. The van der Waals surface area contributed by atoms with E-state index in [1.54, 1.807) is 0 Å². The van der Waals surface area contributed by atoms with Crippen LogP contribution in [0.15, 0.2) is 0 Å². The molecule has 0 aromatic carbocycles. The van der Waals surface area contributed by atoms with E-state index in [9.17, 15) is 0 Å². The van der Waals surface area contributed by atoms with Gasteiger partial charge >= 0.3 is 0 Å². The Morgan fingerprint density at radius 3 is 2.50 bits per heavy atom. The summed E-state index contributed by atoms with van der Waals surface area (Å²) in [5.41, 5.74) is 6.37. The molecule has 96 valence electrons. The minimum absolute atomic E-state index is 0.313. The number of hydrogen-bond donors (Lipinski definition) is 1. The van der Waals surface area contributed by atoms with Crippen LogP contribution in [0.4, 0.5) is 0 Å². The molecule has 0 spiro atoms. The second kappa shape index (κ2) is 5.99. The number of nitrogens with zero attached hydrogens (tertiary/aromatic N) is 2. The summed E-state index contributed by atoms with van der Waals surface area (Å²) in [5, 5.41) is 0. The Morgan fingerprint density at radius 1 is 1.25 bits per heavy atom. The van der Waals surface area contributed by atoms with Gasteiger partial charge in [-0.05, 0) is 40.3 Å². The van der Waals surface area contributed by atoms with Gasteiger partial charge in [0.1, 0.15) is 0 Å². The van der Waals surface area contributed by atoms with Gasteiger partial charge in [0.25, 0.3) is 0 Å². The maximum Gasteiger partial charge on any atom is 0.0277 e. The molecule has 1 atom stereocenters. The predicted octanol–water partition coefficient (Wildman–Crippen LogP) is 1.53. The van der Waals surface area contributed by atoms with Crippen molar-refractivity contribution in [3.8, 4) is 0 Å². The van der Waals surface area contributed by atoms with Crippen molar-refractivity contribution in [2.75, 3.05) is 33.2 Å². The average molecular weight is 227 g/mol. The molecule has 1 aliphatic rings. The van der Waals surface area contributed by atoms with E-state index in [0.717, 1.165) is 12.8 Å². The highest BCUT2D eigenvalue weighted by Gasteiger charge is 2.30. The van der Waals surface area contributed by atoms with Gasteiger partial charge in [-0.15, -0.1) is 0 Å². The van der Waals surface area contributed by atoms with Crippen molar-refractivity contribution in [3.63, 3.8) is 0 Å². The van der Waals surface area contributed by atoms with Crippen LogP contribution in [0.5, 0.6) is 0 Å². The number of piperazine rings is 1. The Kier molecular flexibility index (Phi) is 5.22. The summed E-state index contributed by atoms with van der Waals surface area (Å²) in [6.07, 6.45) is 3.51. The molecule has 16 heavy (non-hydrogen) atoms. The summed E-state index contributed by atoms with van der Waals surface area (Å²) in [6.45, 7) is 11.6. The van der Waals surface area contributed by atoms with E-state index >= 15 is 0 Å². The van der Waals surface area contributed by atoms with Gasteiger partial charge in [-0.3, -0.25) is 4.90 Å². The lowest BCUT2D eigenvalue weighted by Gasteiger charge is -2.45. The Balaban J connectivity index is 2.29. The standard InChI is InChI=1S/C13H29N3/c1-5-6-12(14)7-8-16-10-9-15(4)13(2,3)11-16/h12H,5-11,14H2,1-4H3. The van der Waals surface area contributed by atoms with E-state index in [1.807, 2.05) is 0 Å². The monoisotopic (exact) mass is 227 g/mol. The van der Waals surface area contributed by atoms with Crippen LogP contribution in [0, 0.1) is 0 Å². The van der Waals surface area contributed by atoms with E-state index in [0.29, 0.717) is 11.6 Å². The van der Waals surface area contributed by atoms with Crippen LogP contribution in [0.25, 0.3) is 0 Å². The molecule has 0 saturated carbocycles. The normalized spacial score (nSPS) is 24.6. The van der Waals surface area contributed by atoms with Crippen molar-refractivity contribution in [2.45, 2.75) is 51.6 Å². The SMILES string of the molecule is CCCC(N)CCN1CCN(C)C(C)(C)C1. The van der Waals surface area contributed by atoms with Gasteiger partial charge in [-0.25, -0.2) is 0 Å². The fourth-order valence-electron chi connectivity index (χ4n) is 2.40. The Labute approximate surface area is 101 Å². The van der Waals surface area contributed by atoms with E-state index in [1.165, 1.54) is 32.6 Å². The van der Waals surface area contributed by atoms with Crippen LogP contribution >= 0.6 is 0 Å². The summed E-state index contributed by atoms with van der Waals surface area (Å²) in [6, 6.07) is 0.396. The van der Waals surface area contributed by atoms with Gasteiger partial charge in [-0.1, -0.05) is 13.3 Å². The molecule has 0 aromatic rings. The summed E-state index contributed by atoms with van der Waals surface area (Å²) >= 11 is 0. The average Bonchev–Trinajstić information content (AvgIpc) is 2.20. The lowest BCUT2D eigenvalue weighted by Crippen LogP contribution is -2.57. The van der Waals surface area contributed by atoms with Gasteiger partial charge < -0.3 is 10.6 Å². The topological polar surface area (TPSA) is 32.5 Å². The minimum Gasteiger partial charge on any atom is -0.328 e. The smallest absolute Gasteiger partial charge is 0.0277 e. The molecule has 0 bridgehead atoms. The quantitative estimate of drug-likeness (QED) is 0.773. The van der Waals surface area contributed by atoms with Gasteiger partial charge in [0.2, 0.25) is 0 Å². The predicted molar refractivity (Wildman–Crippen MR) is 70.6 cm³/mol. The highest BCUT2D eigenvalue weighted by Crippen LogP contribution is 2.19. The summed E-state index contributed by atoms with van der Waals surface area (Å²) < 4.78 is 0. The first-order valence-corrected chi connectivity index (χ1v) is 6.65. The summed E-state index contributed by atoms with van der Waals surface area (Å²) in [5.74, 6) is 0. The molecular formula is C13H29N3. The molecule has 1 heterocycles. The third-order valence-corrected chi connectivity index (χ3v) is 3.87. The molecule has 1 aliphatic heterocycles. The molecule has 0 aliphatic carbocycles. The van der Waals surface area contributed by atoms with Crippen molar-refractivity contribution >= 4 is 0 Å². The molecule has 0 radical (unpaired) electrons. The minimum atomic E-state index is 0.313. The van der Waals surface area contributed by atoms with Gasteiger partial charge in [0.15, 0.2) is 0 Å². The van der Waals surface area contributed by atoms with Crippen molar-refractivity contribution in [1.29, 1.82) is 0 Å². The molecule has 3 nitrogen and oxygen atoms in total. The lowest BCUT2D eigenvalue weighted by molar-refractivity contribution is 0.0386. The van der Waals surface area contributed by atoms with Gasteiger partial charge in [0.05, 0.1) is 0 Å². The summed E-state index contributed by atoms with van der Waals surface area (Å²) in [4.78, 5) is 5.02. The van der Waals surface area contributed by atoms with Gasteiger partial charge in [0, 0.05) is 31.2 Å². The van der Waals surface area contributed by atoms with Crippen molar-refractivity contribution in [3.05, 3.63) is 0 Å². The molecule has 2 N–H and O–H groups in total. The van der Waals surface area contributed by atoms with Crippen molar-refractivity contribution in [1.82, 2.24) is 9.80 Å². The fourth-order valence-corrected chi connectivity index (χ4v) is 2.40. The number of nitrogens with two attached hydrogens (primary N) is 1. The van der Waals surface area contributed by atoms with Gasteiger partial charge in [-0.2, -0.15) is 0 Å². The molecule has 0 aromatic heterocycles. The van der Waals surface area contributed by atoms with Crippen LogP contribution < -0.4 is 5.73 Å². The Hall–Kier alpha value is -0.120. The Bertz CT molecular complexity index is 203. The van der Waals surface area contributed by atoms with E-state index in [-0.39, 0.29) is 0 Å². The second-order valence-electron chi connectivity index (χ2n) is 5.85. The first-order chi connectivity index (χ1) is 7.45. The maximum absolute atomic E-state index is 6.06. The third kappa shape index (κ3) is 4.04. The van der Waals surface area contributed by atoms with Crippen LogP contribution in [0.1, 0.15) is 40.0 Å². The molecule has 1 saturated heterocycles. The van der Waals surface area contributed by atoms with Crippen molar-refractivity contribution in [2.24, 2.45) is 5.73 Å². The molecule has 0 amide bonds. The zero-order chi connectivity index (χ0) is 12.2. The molecular weight excluding hydrogens is 198 g/mol. The van der Waals surface area contributed by atoms with E-state index in [2.05, 4.69) is 37.6 Å². The van der Waals surface area contributed by atoms with Crippen LogP contribution in [0.2, 0.25) is 0 Å². The largest absolute Gasteiger partial charge is 0.328 e. The summed E-state index contributed by atoms with van der Waals surface area (Å²) in [7, 11) is 2.22. The first kappa shape index (κ1) is 13.9. The highest BCUT2D eigenvalue weighted by atomic mass is 15.3. The molecule has 1 rings (SSSR count). The molecule has 1 unspecified atom stereocenters. The fraction of sp³-hybridized carbons (Fsp3) is 1.00. The highest BCUT2D eigenvalue weighted by molar-refractivity contribution is 4.88. The van der Waals surface area contributed by atoms with Crippen LogP contribution in [-0.4, -0.2) is 54.6 Å². The lowest BCUT2D eigenvalue weighted by atomic mass is 9.99. The molecule has 3 heteroatoms. The molecule has 1 fully saturated rings. The van der Waals surface area contributed by atoms with Crippen molar-refractivity contribution < 1.29 is 0 Å². The maximum atomic E-state index is 6.06. The zero-order valence-corrected chi connectivity index (χ0v) is 11.5.